The van der Waals surface area contributed by atoms with Crippen molar-refractivity contribution in [3.8, 4) is 5.75 Å². The number of carbonyl (C=O) groups is 1. The molecule has 1 aromatic rings. The number of amides is 1. The third-order valence-electron chi connectivity index (χ3n) is 2.04. The van der Waals surface area contributed by atoms with Gasteiger partial charge >= 0.3 is 0 Å². The fourth-order valence-electron chi connectivity index (χ4n) is 1.27. The van der Waals surface area contributed by atoms with E-state index in [0.29, 0.717) is 35.2 Å². The zero-order valence-electron chi connectivity index (χ0n) is 9.63. The van der Waals surface area contributed by atoms with E-state index in [1.165, 1.54) is 12.1 Å². The van der Waals surface area contributed by atoms with Crippen LogP contribution >= 0.6 is 11.6 Å². The summed E-state index contributed by atoms with van der Waals surface area (Å²) in [7, 11) is 0. The molecular formula is C12H15ClN2O2. The molecule has 0 atom stereocenters. The Hall–Kier alpha value is -1.68. The van der Waals surface area contributed by atoms with E-state index in [0.717, 1.165) is 0 Å². The first-order chi connectivity index (χ1) is 8.10. The molecule has 17 heavy (non-hydrogen) atoms. The lowest BCUT2D eigenvalue weighted by atomic mass is 10.1. The summed E-state index contributed by atoms with van der Waals surface area (Å²) in [5.74, 6) is 0.157. The standard InChI is InChI=1S/C12H15ClN2O2/c1-3-5-17-11-7-9(13)10(14)6-8(11)12(16)15-4-2/h3,6-7H,1,4-5,14H2,2H3,(H,15,16). The Balaban J connectivity index is 3.10. The number of anilines is 1. The number of ether oxygens (including phenoxy) is 1. The number of benzene rings is 1. The van der Waals surface area contributed by atoms with Gasteiger partial charge in [0.25, 0.3) is 5.91 Å². The van der Waals surface area contributed by atoms with Crippen LogP contribution in [0.3, 0.4) is 0 Å². The molecule has 0 spiro atoms. The number of carbonyl (C=O) groups excluding carboxylic acids is 1. The average molecular weight is 255 g/mol. The Morgan fingerprint density at radius 1 is 1.65 bits per heavy atom. The fraction of sp³-hybridized carbons (Fsp3) is 0.250. The maximum absolute atomic E-state index is 11.8. The van der Waals surface area contributed by atoms with E-state index in [2.05, 4.69) is 11.9 Å². The van der Waals surface area contributed by atoms with E-state index in [1.807, 2.05) is 6.92 Å². The highest BCUT2D eigenvalue weighted by Crippen LogP contribution is 2.29. The van der Waals surface area contributed by atoms with Gasteiger partial charge in [-0.3, -0.25) is 4.79 Å². The first-order valence-electron chi connectivity index (χ1n) is 5.21. The zero-order chi connectivity index (χ0) is 12.8. The quantitative estimate of drug-likeness (QED) is 0.626. The van der Waals surface area contributed by atoms with Gasteiger partial charge in [-0.1, -0.05) is 24.3 Å². The Bertz CT molecular complexity index is 433. The molecule has 0 bridgehead atoms. The molecule has 0 aliphatic carbocycles. The Kier molecular flexibility index (Phi) is 4.84. The van der Waals surface area contributed by atoms with E-state index in [1.54, 1.807) is 6.08 Å². The third-order valence-corrected chi connectivity index (χ3v) is 2.36. The minimum absolute atomic E-state index is 0.241. The summed E-state index contributed by atoms with van der Waals surface area (Å²) in [6.45, 7) is 6.21. The molecule has 5 heteroatoms. The molecule has 0 aliphatic rings. The highest BCUT2D eigenvalue weighted by Gasteiger charge is 2.14. The molecule has 0 aliphatic heterocycles. The van der Waals surface area contributed by atoms with Gasteiger partial charge in [-0.25, -0.2) is 0 Å². The summed E-state index contributed by atoms with van der Waals surface area (Å²) in [6.07, 6.45) is 1.59. The highest BCUT2D eigenvalue weighted by molar-refractivity contribution is 6.33. The topological polar surface area (TPSA) is 64.3 Å². The lowest BCUT2D eigenvalue weighted by Gasteiger charge is -2.11. The molecule has 1 amide bonds. The number of rotatable bonds is 5. The van der Waals surface area contributed by atoms with Crippen LogP contribution in [0.25, 0.3) is 0 Å². The first kappa shape index (κ1) is 13.4. The smallest absolute Gasteiger partial charge is 0.255 e. The second-order valence-electron chi connectivity index (χ2n) is 3.33. The number of halogens is 1. The largest absolute Gasteiger partial charge is 0.489 e. The molecule has 1 aromatic carbocycles. The molecule has 3 N–H and O–H groups in total. The summed E-state index contributed by atoms with van der Waals surface area (Å²) in [4.78, 5) is 11.8. The van der Waals surface area contributed by atoms with Crippen molar-refractivity contribution in [1.29, 1.82) is 0 Å². The van der Waals surface area contributed by atoms with E-state index >= 15 is 0 Å². The van der Waals surface area contributed by atoms with Crippen molar-refractivity contribution in [2.45, 2.75) is 6.92 Å². The summed E-state index contributed by atoms with van der Waals surface area (Å²) in [5.41, 5.74) is 6.38. The molecule has 0 unspecified atom stereocenters. The predicted octanol–water partition coefficient (Wildman–Crippen LogP) is 2.24. The first-order valence-corrected chi connectivity index (χ1v) is 5.58. The molecule has 0 saturated carbocycles. The van der Waals surface area contributed by atoms with Crippen LogP contribution in [0.5, 0.6) is 5.75 Å². The minimum Gasteiger partial charge on any atom is -0.489 e. The lowest BCUT2D eigenvalue weighted by molar-refractivity contribution is 0.0952. The summed E-state index contributed by atoms with van der Waals surface area (Å²) in [5, 5.41) is 3.04. The molecular weight excluding hydrogens is 240 g/mol. The molecule has 0 fully saturated rings. The van der Waals surface area contributed by atoms with Crippen molar-refractivity contribution >= 4 is 23.2 Å². The second-order valence-corrected chi connectivity index (χ2v) is 3.74. The van der Waals surface area contributed by atoms with Crippen LogP contribution in [0.2, 0.25) is 5.02 Å². The van der Waals surface area contributed by atoms with Crippen molar-refractivity contribution in [2.24, 2.45) is 0 Å². The van der Waals surface area contributed by atoms with Crippen molar-refractivity contribution in [3.63, 3.8) is 0 Å². The Labute approximate surface area is 105 Å². The number of hydrogen-bond acceptors (Lipinski definition) is 3. The monoisotopic (exact) mass is 254 g/mol. The number of nitrogen functional groups attached to an aromatic ring is 1. The fourth-order valence-corrected chi connectivity index (χ4v) is 1.43. The Morgan fingerprint density at radius 2 is 2.35 bits per heavy atom. The van der Waals surface area contributed by atoms with Crippen LogP contribution in [0, 0.1) is 0 Å². The molecule has 0 aromatic heterocycles. The van der Waals surface area contributed by atoms with Crippen LogP contribution < -0.4 is 15.8 Å². The molecule has 4 nitrogen and oxygen atoms in total. The molecule has 92 valence electrons. The van der Waals surface area contributed by atoms with Crippen LogP contribution in [0.4, 0.5) is 5.69 Å². The van der Waals surface area contributed by atoms with Gasteiger partial charge in [0, 0.05) is 12.6 Å². The van der Waals surface area contributed by atoms with E-state index < -0.39 is 0 Å². The molecule has 1 rings (SSSR count). The molecule has 0 radical (unpaired) electrons. The number of hydrogen-bond donors (Lipinski definition) is 2. The van der Waals surface area contributed by atoms with Gasteiger partial charge in [-0.15, -0.1) is 0 Å². The van der Waals surface area contributed by atoms with Crippen LogP contribution in [0.15, 0.2) is 24.8 Å². The van der Waals surface area contributed by atoms with Gasteiger partial charge in [0.2, 0.25) is 0 Å². The maximum atomic E-state index is 11.8. The number of nitrogens with one attached hydrogen (secondary N) is 1. The van der Waals surface area contributed by atoms with E-state index in [4.69, 9.17) is 22.1 Å². The van der Waals surface area contributed by atoms with Crippen LogP contribution in [0.1, 0.15) is 17.3 Å². The van der Waals surface area contributed by atoms with Crippen molar-refractivity contribution in [3.05, 3.63) is 35.4 Å². The third kappa shape index (κ3) is 3.39. The Morgan fingerprint density at radius 3 is 2.94 bits per heavy atom. The summed E-state index contributed by atoms with van der Waals surface area (Å²) in [6, 6.07) is 3.04. The van der Waals surface area contributed by atoms with Gasteiger partial charge in [0.1, 0.15) is 12.4 Å². The van der Waals surface area contributed by atoms with Gasteiger partial charge in [-0.2, -0.15) is 0 Å². The maximum Gasteiger partial charge on any atom is 0.255 e. The molecule has 0 heterocycles. The van der Waals surface area contributed by atoms with Crippen LogP contribution in [-0.4, -0.2) is 19.1 Å². The van der Waals surface area contributed by atoms with E-state index in [-0.39, 0.29) is 5.91 Å². The van der Waals surface area contributed by atoms with Gasteiger partial charge in [-0.05, 0) is 13.0 Å². The zero-order valence-corrected chi connectivity index (χ0v) is 10.4. The summed E-state index contributed by atoms with van der Waals surface area (Å²) < 4.78 is 5.37. The van der Waals surface area contributed by atoms with Gasteiger partial charge in [0.15, 0.2) is 0 Å². The normalized spacial score (nSPS) is 9.76. The lowest BCUT2D eigenvalue weighted by Crippen LogP contribution is -2.23. The van der Waals surface area contributed by atoms with Gasteiger partial charge < -0.3 is 15.8 Å². The predicted molar refractivity (Wildman–Crippen MR) is 69.6 cm³/mol. The minimum atomic E-state index is -0.241. The highest BCUT2D eigenvalue weighted by atomic mass is 35.5. The van der Waals surface area contributed by atoms with Crippen molar-refractivity contribution in [1.82, 2.24) is 5.32 Å². The van der Waals surface area contributed by atoms with Gasteiger partial charge in [0.05, 0.1) is 16.3 Å². The van der Waals surface area contributed by atoms with Crippen molar-refractivity contribution < 1.29 is 9.53 Å². The summed E-state index contributed by atoms with van der Waals surface area (Å²) >= 11 is 5.88. The second kappa shape index (κ2) is 6.15. The number of nitrogens with two attached hydrogens (primary N) is 1. The SMILES string of the molecule is C=CCOc1cc(Cl)c(N)cc1C(=O)NCC. The van der Waals surface area contributed by atoms with Crippen molar-refractivity contribution in [2.75, 3.05) is 18.9 Å². The molecule has 0 saturated heterocycles. The average Bonchev–Trinajstić information content (AvgIpc) is 2.30. The van der Waals surface area contributed by atoms with Crippen LogP contribution in [-0.2, 0) is 0 Å². The van der Waals surface area contributed by atoms with E-state index in [9.17, 15) is 4.79 Å².